The smallest absolute Gasteiger partial charge is 0.320 e. The Kier molecular flexibility index (Phi) is 8.95. The molecule has 1 atom stereocenters. The zero-order chi connectivity index (χ0) is 21.2. The highest BCUT2D eigenvalue weighted by atomic mass is 16.4. The highest BCUT2D eigenvalue weighted by Gasteiger charge is 2.12. The van der Waals surface area contributed by atoms with E-state index in [0.29, 0.717) is 17.0 Å². The average Bonchev–Trinajstić information content (AvgIpc) is 3.27. The van der Waals surface area contributed by atoms with Crippen LogP contribution in [-0.2, 0) is 11.2 Å². The molecule has 3 aromatic heterocycles. The number of nitrogen functional groups attached to an aromatic ring is 1. The summed E-state index contributed by atoms with van der Waals surface area (Å²) in [6.45, 7) is 1.11. The SMILES string of the molecule is C[N+](C)(C)CCO.NC(Cc1cnc[nH]1)C(=O)O.Nc1ncnc2nc[nH]c12. The highest BCUT2D eigenvalue weighted by Crippen LogP contribution is 2.09. The number of carbonyl (C=O) groups is 1. The van der Waals surface area contributed by atoms with Gasteiger partial charge in [-0.1, -0.05) is 0 Å². The van der Waals surface area contributed by atoms with Gasteiger partial charge < -0.3 is 36.1 Å². The number of quaternary nitrogens is 1. The van der Waals surface area contributed by atoms with Crippen molar-refractivity contribution < 1.29 is 19.5 Å². The molecule has 3 aromatic rings. The van der Waals surface area contributed by atoms with Gasteiger partial charge in [0, 0.05) is 18.3 Å². The number of hydrogen-bond acceptors (Lipinski definition) is 8. The fraction of sp³-hybridized carbons (Fsp3) is 0.438. The lowest BCUT2D eigenvalue weighted by Gasteiger charge is -2.21. The number of rotatable bonds is 5. The van der Waals surface area contributed by atoms with Gasteiger partial charge in [-0.25, -0.2) is 19.9 Å². The van der Waals surface area contributed by atoms with Crippen molar-refractivity contribution in [2.45, 2.75) is 12.5 Å². The number of aromatic amines is 2. The summed E-state index contributed by atoms with van der Waals surface area (Å²) in [6, 6.07) is -0.851. The molecule has 0 saturated heterocycles. The van der Waals surface area contributed by atoms with Crippen molar-refractivity contribution in [3.8, 4) is 0 Å². The van der Waals surface area contributed by atoms with Gasteiger partial charge in [-0.15, -0.1) is 0 Å². The molecular formula is C16H28N9O3+. The van der Waals surface area contributed by atoms with E-state index < -0.39 is 12.0 Å². The maximum Gasteiger partial charge on any atom is 0.320 e. The quantitative estimate of drug-likeness (QED) is 0.294. The molecule has 0 saturated carbocycles. The highest BCUT2D eigenvalue weighted by molar-refractivity contribution is 5.80. The number of nitrogens with zero attached hydrogens (tertiary/aromatic N) is 5. The summed E-state index contributed by atoms with van der Waals surface area (Å²) >= 11 is 0. The van der Waals surface area contributed by atoms with Gasteiger partial charge in [0.25, 0.3) is 0 Å². The Morgan fingerprint density at radius 3 is 2.39 bits per heavy atom. The minimum atomic E-state index is -1.00. The summed E-state index contributed by atoms with van der Waals surface area (Å²) in [5, 5.41) is 16.8. The fourth-order valence-corrected chi connectivity index (χ4v) is 1.80. The van der Waals surface area contributed by atoms with Crippen molar-refractivity contribution in [1.29, 1.82) is 0 Å². The number of likely N-dealkylation sites (N-methyl/N-ethyl adjacent to an activating group) is 1. The minimum absolute atomic E-state index is 0.281. The second-order valence-corrected chi connectivity index (χ2v) is 6.82. The van der Waals surface area contributed by atoms with Crippen LogP contribution in [0.3, 0.4) is 0 Å². The van der Waals surface area contributed by atoms with E-state index in [-0.39, 0.29) is 13.0 Å². The van der Waals surface area contributed by atoms with Crippen LogP contribution in [0.5, 0.6) is 0 Å². The number of H-pyrrole nitrogens is 2. The first-order chi connectivity index (χ1) is 13.1. The minimum Gasteiger partial charge on any atom is -0.480 e. The standard InChI is InChI=1S/C6H9N3O2.C5H5N5.C5H14NO/c7-5(6(10)11)1-4-2-8-3-9-4;6-4-3-5(9-1-7-3)10-2-8-4;1-6(2,3)4-5-7/h2-3,5H,1,7H2,(H,8,9)(H,10,11);1-2H,(H3,6,7,8,9,10);7H,4-5H2,1-3H3/q;;+1. The molecule has 12 nitrogen and oxygen atoms in total. The maximum absolute atomic E-state index is 10.3. The van der Waals surface area contributed by atoms with E-state index >= 15 is 0 Å². The van der Waals surface area contributed by atoms with E-state index in [2.05, 4.69) is 51.0 Å². The number of aliphatic hydroxyl groups excluding tert-OH is 1. The van der Waals surface area contributed by atoms with Crippen molar-refractivity contribution in [1.82, 2.24) is 29.9 Å². The molecule has 28 heavy (non-hydrogen) atoms. The first-order valence-electron chi connectivity index (χ1n) is 8.40. The topological polar surface area (TPSA) is 193 Å². The van der Waals surface area contributed by atoms with Crippen LogP contribution < -0.4 is 11.5 Å². The Morgan fingerprint density at radius 2 is 1.93 bits per heavy atom. The molecule has 0 aliphatic carbocycles. The molecule has 0 amide bonds. The van der Waals surface area contributed by atoms with E-state index in [4.69, 9.17) is 21.7 Å². The van der Waals surface area contributed by atoms with Crippen molar-refractivity contribution in [2.75, 3.05) is 40.0 Å². The number of anilines is 1. The zero-order valence-electron chi connectivity index (χ0n) is 16.2. The molecule has 154 valence electrons. The van der Waals surface area contributed by atoms with Crippen LogP contribution in [0.2, 0.25) is 0 Å². The molecule has 8 N–H and O–H groups in total. The van der Waals surface area contributed by atoms with Crippen molar-refractivity contribution >= 4 is 23.0 Å². The molecule has 1 unspecified atom stereocenters. The van der Waals surface area contributed by atoms with Crippen LogP contribution in [0.1, 0.15) is 5.69 Å². The summed E-state index contributed by atoms with van der Waals surface area (Å²) in [7, 11) is 6.16. The Balaban J connectivity index is 0.000000216. The summed E-state index contributed by atoms with van der Waals surface area (Å²) in [6.07, 6.45) is 6.26. The summed E-state index contributed by atoms with van der Waals surface area (Å²) in [5.41, 5.74) is 12.8. The Bertz CT molecular complexity index is 827. The lowest BCUT2D eigenvalue weighted by Crippen LogP contribution is -2.36. The van der Waals surface area contributed by atoms with Gasteiger partial charge in [0.1, 0.15) is 24.4 Å². The number of aromatic nitrogens is 6. The largest absolute Gasteiger partial charge is 0.480 e. The molecule has 0 fully saturated rings. The van der Waals surface area contributed by atoms with E-state index in [9.17, 15) is 4.79 Å². The van der Waals surface area contributed by atoms with Crippen molar-refractivity contribution in [2.24, 2.45) is 5.73 Å². The summed E-state index contributed by atoms with van der Waals surface area (Å²) in [4.78, 5) is 31.1. The zero-order valence-corrected chi connectivity index (χ0v) is 16.2. The average molecular weight is 394 g/mol. The lowest BCUT2D eigenvalue weighted by molar-refractivity contribution is -0.870. The first kappa shape index (κ1) is 23.0. The van der Waals surface area contributed by atoms with Crippen LogP contribution in [0.15, 0.2) is 25.2 Å². The third-order valence-corrected chi connectivity index (χ3v) is 3.34. The Hall–Kier alpha value is -3.09. The Morgan fingerprint density at radius 1 is 1.21 bits per heavy atom. The first-order valence-corrected chi connectivity index (χ1v) is 8.40. The predicted octanol–water partition coefficient (Wildman–Crippen LogP) is -1.02. The molecule has 0 aliphatic heterocycles. The van der Waals surface area contributed by atoms with E-state index in [0.717, 1.165) is 16.7 Å². The molecular weight excluding hydrogens is 366 g/mol. The maximum atomic E-state index is 10.3. The number of hydrogen-bond donors (Lipinski definition) is 6. The molecule has 0 spiro atoms. The molecule has 0 bridgehead atoms. The number of nitrogens with two attached hydrogens (primary N) is 2. The number of aliphatic carboxylic acids is 1. The number of carboxylic acids is 1. The predicted molar refractivity (Wildman–Crippen MR) is 104 cm³/mol. The van der Waals surface area contributed by atoms with Crippen LogP contribution in [-0.4, -0.2) is 90.9 Å². The number of fused-ring (bicyclic) bond motifs is 1. The van der Waals surface area contributed by atoms with Gasteiger partial charge in [-0.05, 0) is 0 Å². The van der Waals surface area contributed by atoms with E-state index in [1.807, 2.05) is 0 Å². The van der Waals surface area contributed by atoms with Gasteiger partial charge in [0.15, 0.2) is 11.5 Å². The van der Waals surface area contributed by atoms with E-state index in [1.54, 1.807) is 6.20 Å². The molecule has 3 heterocycles. The summed E-state index contributed by atoms with van der Waals surface area (Å²) < 4.78 is 0.844. The number of nitrogens with one attached hydrogen (secondary N) is 2. The monoisotopic (exact) mass is 394 g/mol. The van der Waals surface area contributed by atoms with Gasteiger partial charge in [-0.3, -0.25) is 4.79 Å². The number of imidazole rings is 2. The normalized spacial score (nSPS) is 11.8. The van der Waals surface area contributed by atoms with Gasteiger partial charge in [-0.2, -0.15) is 0 Å². The third kappa shape index (κ3) is 8.53. The third-order valence-electron chi connectivity index (χ3n) is 3.34. The van der Waals surface area contributed by atoms with Gasteiger partial charge >= 0.3 is 5.97 Å². The van der Waals surface area contributed by atoms with Crippen LogP contribution in [0, 0.1) is 0 Å². The molecule has 0 aromatic carbocycles. The van der Waals surface area contributed by atoms with E-state index in [1.165, 1.54) is 19.0 Å². The second kappa shape index (κ2) is 10.9. The summed E-state index contributed by atoms with van der Waals surface area (Å²) in [5.74, 6) is -0.567. The van der Waals surface area contributed by atoms with Crippen molar-refractivity contribution in [3.05, 3.63) is 30.9 Å². The van der Waals surface area contributed by atoms with Gasteiger partial charge in [0.05, 0.1) is 40.4 Å². The van der Waals surface area contributed by atoms with Crippen LogP contribution in [0.4, 0.5) is 5.82 Å². The van der Waals surface area contributed by atoms with Crippen LogP contribution in [0.25, 0.3) is 11.2 Å². The molecule has 12 heteroatoms. The van der Waals surface area contributed by atoms with Crippen molar-refractivity contribution in [3.63, 3.8) is 0 Å². The lowest BCUT2D eigenvalue weighted by atomic mass is 10.2. The number of aliphatic hydroxyl groups is 1. The van der Waals surface area contributed by atoms with Gasteiger partial charge in [0.2, 0.25) is 0 Å². The Labute approximate surface area is 162 Å². The van der Waals surface area contributed by atoms with Crippen LogP contribution >= 0.6 is 0 Å². The molecule has 0 aliphatic rings. The molecule has 0 radical (unpaired) electrons. The number of carboxylic acid groups (broad SMARTS) is 1. The molecule has 3 rings (SSSR count). The second-order valence-electron chi connectivity index (χ2n) is 6.82. The fourth-order valence-electron chi connectivity index (χ4n) is 1.80.